The number of anilines is 1. The number of hydrazone groups is 1. The fourth-order valence-electron chi connectivity index (χ4n) is 3.73. The molecule has 0 aliphatic heterocycles. The van der Waals surface area contributed by atoms with Crippen LogP contribution in [-0.2, 0) is 9.59 Å². The highest BCUT2D eigenvalue weighted by atomic mass is 16.5. The van der Waals surface area contributed by atoms with Crippen molar-refractivity contribution in [3.63, 3.8) is 0 Å². The Kier molecular flexibility index (Phi) is 6.78. The molecule has 0 saturated carbocycles. The van der Waals surface area contributed by atoms with Crippen molar-refractivity contribution in [3.05, 3.63) is 76.1 Å². The van der Waals surface area contributed by atoms with Crippen molar-refractivity contribution in [3.8, 4) is 11.4 Å². The van der Waals surface area contributed by atoms with Gasteiger partial charge in [0.1, 0.15) is 5.75 Å². The Morgan fingerprint density at radius 2 is 1.66 bits per heavy atom. The van der Waals surface area contributed by atoms with Crippen LogP contribution in [0, 0.1) is 34.6 Å². The molecule has 166 valence electrons. The lowest BCUT2D eigenvalue weighted by Gasteiger charge is -2.15. The van der Waals surface area contributed by atoms with Crippen LogP contribution >= 0.6 is 0 Å². The van der Waals surface area contributed by atoms with Crippen LogP contribution in [0.4, 0.5) is 5.69 Å². The molecule has 0 aliphatic rings. The number of nitrogens with zero attached hydrogens (tertiary/aromatic N) is 2. The van der Waals surface area contributed by atoms with Crippen LogP contribution in [0.25, 0.3) is 5.69 Å². The van der Waals surface area contributed by atoms with E-state index in [0.717, 1.165) is 28.2 Å². The molecule has 3 aromatic rings. The summed E-state index contributed by atoms with van der Waals surface area (Å²) in [4.78, 5) is 24.5. The minimum Gasteiger partial charge on any atom is -0.495 e. The van der Waals surface area contributed by atoms with E-state index in [1.165, 1.54) is 18.2 Å². The van der Waals surface area contributed by atoms with E-state index in [-0.39, 0.29) is 0 Å². The van der Waals surface area contributed by atoms with Gasteiger partial charge in [0.15, 0.2) is 0 Å². The van der Waals surface area contributed by atoms with Crippen molar-refractivity contribution in [2.24, 2.45) is 5.10 Å². The number of aryl methyl sites for hydroxylation is 4. The van der Waals surface area contributed by atoms with Crippen molar-refractivity contribution in [2.45, 2.75) is 34.6 Å². The Bertz CT molecular complexity index is 1190. The number of methoxy groups -OCH3 is 1. The van der Waals surface area contributed by atoms with Crippen LogP contribution in [0.5, 0.6) is 5.75 Å². The quantitative estimate of drug-likeness (QED) is 0.361. The summed E-state index contributed by atoms with van der Waals surface area (Å²) in [7, 11) is 1.50. The highest BCUT2D eigenvalue weighted by molar-refractivity contribution is 6.39. The predicted octanol–water partition coefficient (Wildman–Crippen LogP) is 4.12. The van der Waals surface area contributed by atoms with E-state index in [1.54, 1.807) is 18.3 Å². The molecule has 7 heteroatoms. The van der Waals surface area contributed by atoms with Gasteiger partial charge in [-0.15, -0.1) is 0 Å². The van der Waals surface area contributed by atoms with Crippen molar-refractivity contribution in [2.75, 3.05) is 12.4 Å². The average molecular weight is 433 g/mol. The molecular weight excluding hydrogens is 404 g/mol. The van der Waals surface area contributed by atoms with E-state index in [9.17, 15) is 9.59 Å². The zero-order valence-corrected chi connectivity index (χ0v) is 19.2. The number of amides is 2. The molecule has 0 unspecified atom stereocenters. The maximum atomic E-state index is 12.3. The second-order valence-electron chi connectivity index (χ2n) is 7.76. The molecule has 7 nitrogen and oxygen atoms in total. The third-order valence-corrected chi connectivity index (χ3v) is 5.31. The van der Waals surface area contributed by atoms with E-state index in [4.69, 9.17) is 4.74 Å². The summed E-state index contributed by atoms with van der Waals surface area (Å²) in [6, 6.07) is 13.5. The van der Waals surface area contributed by atoms with Gasteiger partial charge in [-0.3, -0.25) is 9.59 Å². The summed E-state index contributed by atoms with van der Waals surface area (Å²) in [6.07, 6.45) is 1.55. The second-order valence-corrected chi connectivity index (χ2v) is 7.76. The fourth-order valence-corrected chi connectivity index (χ4v) is 3.73. The normalized spacial score (nSPS) is 10.9. The third-order valence-electron chi connectivity index (χ3n) is 5.31. The van der Waals surface area contributed by atoms with Crippen LogP contribution in [0.1, 0.15) is 33.6 Å². The van der Waals surface area contributed by atoms with Gasteiger partial charge in [-0.1, -0.05) is 24.3 Å². The molecule has 1 aromatic heterocycles. The number of carbonyl (C=O) groups excluding carboxylic acids is 2. The van der Waals surface area contributed by atoms with E-state index in [0.29, 0.717) is 11.4 Å². The molecule has 0 spiro atoms. The first-order valence-electron chi connectivity index (χ1n) is 10.3. The monoisotopic (exact) mass is 432 g/mol. The van der Waals surface area contributed by atoms with Crippen molar-refractivity contribution in [1.82, 2.24) is 9.99 Å². The van der Waals surface area contributed by atoms with E-state index >= 15 is 0 Å². The van der Waals surface area contributed by atoms with Crippen molar-refractivity contribution in [1.29, 1.82) is 0 Å². The van der Waals surface area contributed by atoms with Gasteiger partial charge in [0.25, 0.3) is 0 Å². The van der Waals surface area contributed by atoms with Crippen LogP contribution < -0.4 is 15.5 Å². The number of ether oxygens (including phenoxy) is 1. The van der Waals surface area contributed by atoms with Crippen molar-refractivity contribution >= 4 is 23.7 Å². The SMILES string of the molecule is COc1ccc(C)cc1NC(=O)C(=O)N/N=C\c1cc(C)n(-c2c(C)cccc2C)c1C. The highest BCUT2D eigenvalue weighted by Crippen LogP contribution is 2.26. The first-order valence-corrected chi connectivity index (χ1v) is 10.3. The molecule has 2 N–H and O–H groups in total. The molecular formula is C25H28N4O3. The van der Waals surface area contributed by atoms with Crippen LogP contribution in [0.3, 0.4) is 0 Å². The lowest BCUT2D eigenvalue weighted by Crippen LogP contribution is -2.32. The molecule has 0 aliphatic carbocycles. The lowest BCUT2D eigenvalue weighted by molar-refractivity contribution is -0.136. The van der Waals surface area contributed by atoms with Crippen molar-refractivity contribution < 1.29 is 14.3 Å². The number of para-hydroxylation sites is 1. The van der Waals surface area contributed by atoms with Gasteiger partial charge in [0.2, 0.25) is 0 Å². The number of aromatic nitrogens is 1. The van der Waals surface area contributed by atoms with Gasteiger partial charge < -0.3 is 14.6 Å². The van der Waals surface area contributed by atoms with E-state index in [2.05, 4.69) is 46.4 Å². The predicted molar refractivity (Wildman–Crippen MR) is 127 cm³/mol. The summed E-state index contributed by atoms with van der Waals surface area (Å²) in [5.41, 5.74) is 10.0. The Labute approximate surface area is 188 Å². The average Bonchev–Trinajstić information content (AvgIpc) is 3.01. The highest BCUT2D eigenvalue weighted by Gasteiger charge is 2.16. The second kappa shape index (κ2) is 9.51. The maximum absolute atomic E-state index is 12.3. The number of rotatable bonds is 5. The Morgan fingerprint density at radius 1 is 0.969 bits per heavy atom. The molecule has 32 heavy (non-hydrogen) atoms. The molecule has 0 bridgehead atoms. The summed E-state index contributed by atoms with van der Waals surface area (Å²) >= 11 is 0. The number of hydrogen-bond donors (Lipinski definition) is 2. The van der Waals surface area contributed by atoms with Gasteiger partial charge in [0.05, 0.1) is 24.7 Å². The third kappa shape index (κ3) is 4.72. The molecule has 0 atom stereocenters. The summed E-state index contributed by atoms with van der Waals surface area (Å²) in [5.74, 6) is -1.22. The summed E-state index contributed by atoms with van der Waals surface area (Å²) in [5, 5.41) is 6.54. The molecule has 1 heterocycles. The van der Waals surface area contributed by atoms with E-state index < -0.39 is 11.8 Å². The van der Waals surface area contributed by atoms with Gasteiger partial charge >= 0.3 is 11.8 Å². The topological polar surface area (TPSA) is 84.7 Å². The molecule has 2 amide bonds. The summed E-state index contributed by atoms with van der Waals surface area (Å²) in [6.45, 7) is 10.1. The molecule has 2 aromatic carbocycles. The van der Waals surface area contributed by atoms with Crippen LogP contribution in [0.2, 0.25) is 0 Å². The lowest BCUT2D eigenvalue weighted by atomic mass is 10.1. The first kappa shape index (κ1) is 22.8. The van der Waals surface area contributed by atoms with Gasteiger partial charge in [-0.25, -0.2) is 5.43 Å². The Morgan fingerprint density at radius 3 is 2.31 bits per heavy atom. The van der Waals surface area contributed by atoms with Crippen LogP contribution in [0.15, 0.2) is 47.6 Å². The summed E-state index contributed by atoms with van der Waals surface area (Å²) < 4.78 is 7.39. The largest absolute Gasteiger partial charge is 0.495 e. The minimum atomic E-state index is -0.867. The number of carbonyl (C=O) groups is 2. The smallest absolute Gasteiger partial charge is 0.329 e. The molecule has 0 saturated heterocycles. The number of benzene rings is 2. The Hall–Kier alpha value is -3.87. The minimum absolute atomic E-state index is 0.425. The zero-order valence-electron chi connectivity index (χ0n) is 19.2. The standard InChI is InChI=1S/C25H28N4O3/c1-15-10-11-22(32-6)21(12-15)27-24(30)25(31)28-26-14-20-13-18(4)29(19(20)5)23-16(2)8-7-9-17(23)3/h7-14H,1-6H3,(H,27,30)(H,28,31)/b26-14-. The fraction of sp³-hybridized carbons (Fsp3) is 0.240. The zero-order chi connectivity index (χ0) is 23.4. The molecule has 0 radical (unpaired) electrons. The van der Waals surface area contributed by atoms with E-state index in [1.807, 2.05) is 39.0 Å². The van der Waals surface area contributed by atoms with Gasteiger partial charge in [0, 0.05) is 17.0 Å². The molecule has 3 rings (SSSR count). The number of hydrogen-bond acceptors (Lipinski definition) is 4. The molecule has 0 fully saturated rings. The van der Waals surface area contributed by atoms with Gasteiger partial charge in [-0.2, -0.15) is 5.10 Å². The first-order chi connectivity index (χ1) is 15.2. The van der Waals surface area contributed by atoms with Gasteiger partial charge in [-0.05, 0) is 69.5 Å². The number of nitrogens with one attached hydrogen (secondary N) is 2. The van der Waals surface area contributed by atoms with Crippen LogP contribution in [-0.4, -0.2) is 29.7 Å². The Balaban J connectivity index is 1.73. The maximum Gasteiger partial charge on any atom is 0.329 e.